The maximum Gasteiger partial charge on any atom is 0.126 e. The number of ether oxygens (including phenoxy) is 1. The van der Waals surface area contributed by atoms with E-state index >= 15 is 0 Å². The van der Waals surface area contributed by atoms with Crippen molar-refractivity contribution in [2.75, 3.05) is 0 Å². The summed E-state index contributed by atoms with van der Waals surface area (Å²) in [4.78, 5) is 0. The van der Waals surface area contributed by atoms with E-state index in [4.69, 9.17) is 21.6 Å². The van der Waals surface area contributed by atoms with E-state index in [1.54, 1.807) is 31.2 Å². The Kier molecular flexibility index (Phi) is 5.24. The third-order valence-electron chi connectivity index (χ3n) is 2.99. The summed E-state index contributed by atoms with van der Waals surface area (Å²) in [7, 11) is 0. The highest BCUT2D eigenvalue weighted by molar-refractivity contribution is 9.10. The van der Waals surface area contributed by atoms with Crippen molar-refractivity contribution in [1.29, 1.82) is 5.26 Å². The molecule has 3 nitrogen and oxygen atoms in total. The first-order valence-corrected chi connectivity index (χ1v) is 7.47. The summed E-state index contributed by atoms with van der Waals surface area (Å²) in [6.45, 7) is 1.95. The van der Waals surface area contributed by atoms with Crippen molar-refractivity contribution in [3.63, 3.8) is 0 Å². The van der Waals surface area contributed by atoms with Crippen molar-refractivity contribution in [2.45, 2.75) is 19.6 Å². The van der Waals surface area contributed by atoms with Crippen LogP contribution in [0, 0.1) is 11.3 Å². The van der Waals surface area contributed by atoms with Gasteiger partial charge in [-0.15, -0.1) is 0 Å². The minimum Gasteiger partial charge on any atom is -0.488 e. The lowest BCUT2D eigenvalue weighted by molar-refractivity contribution is 0.190. The molecule has 0 aliphatic heterocycles. The quantitative estimate of drug-likeness (QED) is 0.860. The van der Waals surface area contributed by atoms with Gasteiger partial charge in [0.25, 0.3) is 0 Å². The monoisotopic (exact) mass is 365 g/mol. The van der Waals surface area contributed by atoms with Crippen LogP contribution in [0.25, 0.3) is 0 Å². The fraction of sp³-hybridized carbons (Fsp3) is 0.188. The summed E-state index contributed by atoms with van der Waals surface area (Å²) >= 11 is 9.50. The molecule has 0 unspecified atom stereocenters. The fourth-order valence-corrected chi connectivity index (χ4v) is 2.44. The highest BCUT2D eigenvalue weighted by Crippen LogP contribution is 2.30. The summed E-state index contributed by atoms with van der Waals surface area (Å²) in [6.07, 6.45) is -0.621. The van der Waals surface area contributed by atoms with E-state index in [1.807, 2.05) is 18.2 Å². The number of hydrogen-bond donors (Lipinski definition) is 1. The van der Waals surface area contributed by atoms with Crippen LogP contribution >= 0.6 is 27.5 Å². The average Bonchev–Trinajstić information content (AvgIpc) is 2.45. The topological polar surface area (TPSA) is 53.2 Å². The summed E-state index contributed by atoms with van der Waals surface area (Å²) in [5.41, 5.74) is 2.01. The first-order chi connectivity index (χ1) is 10.0. The van der Waals surface area contributed by atoms with Crippen molar-refractivity contribution in [2.24, 2.45) is 0 Å². The van der Waals surface area contributed by atoms with E-state index in [0.717, 1.165) is 10.0 Å². The highest BCUT2D eigenvalue weighted by Gasteiger charge is 2.11. The van der Waals surface area contributed by atoms with Gasteiger partial charge in [-0.1, -0.05) is 39.7 Å². The lowest BCUT2D eigenvalue weighted by Crippen LogP contribution is -2.01. The molecule has 0 fully saturated rings. The van der Waals surface area contributed by atoms with Crippen LogP contribution in [0.15, 0.2) is 40.9 Å². The molecule has 0 saturated heterocycles. The van der Waals surface area contributed by atoms with Crippen LogP contribution in [0.1, 0.15) is 29.7 Å². The van der Waals surface area contributed by atoms with Crippen LogP contribution in [-0.2, 0) is 6.61 Å². The Morgan fingerprint density at radius 2 is 2.10 bits per heavy atom. The maximum atomic E-state index is 9.76. The zero-order valence-electron chi connectivity index (χ0n) is 11.3. The third-order valence-corrected chi connectivity index (χ3v) is 3.84. The molecule has 5 heteroatoms. The normalized spacial score (nSPS) is 11.8. The number of aliphatic hydroxyl groups is 1. The molecule has 108 valence electrons. The second-order valence-corrected chi connectivity index (χ2v) is 5.89. The van der Waals surface area contributed by atoms with Gasteiger partial charge in [0.1, 0.15) is 12.4 Å². The van der Waals surface area contributed by atoms with E-state index in [1.165, 1.54) is 0 Å². The predicted molar refractivity (Wildman–Crippen MR) is 85.3 cm³/mol. The van der Waals surface area contributed by atoms with Gasteiger partial charge in [0.15, 0.2) is 0 Å². The molecule has 2 rings (SSSR count). The van der Waals surface area contributed by atoms with Crippen molar-refractivity contribution in [1.82, 2.24) is 0 Å². The third kappa shape index (κ3) is 3.98. The molecule has 21 heavy (non-hydrogen) atoms. The van der Waals surface area contributed by atoms with E-state index in [9.17, 15) is 5.11 Å². The molecule has 0 bridgehead atoms. The minimum absolute atomic E-state index is 0.265. The average molecular weight is 367 g/mol. The van der Waals surface area contributed by atoms with Gasteiger partial charge >= 0.3 is 0 Å². The Labute approximate surface area is 136 Å². The van der Waals surface area contributed by atoms with Crippen LogP contribution in [0.4, 0.5) is 0 Å². The lowest BCUT2D eigenvalue weighted by atomic mass is 10.1. The summed E-state index contributed by atoms with van der Waals surface area (Å²) < 4.78 is 6.63. The Morgan fingerprint density at radius 1 is 1.33 bits per heavy atom. The molecule has 0 amide bonds. The molecule has 0 saturated carbocycles. The number of nitriles is 1. The SMILES string of the molecule is C[C@@H](O)c1ccc(Br)cc1OCc1ccc(C#N)cc1Cl. The van der Waals surface area contributed by atoms with Gasteiger partial charge in [0, 0.05) is 20.6 Å². The second kappa shape index (κ2) is 6.95. The van der Waals surface area contributed by atoms with Crippen LogP contribution in [0.2, 0.25) is 5.02 Å². The molecule has 0 heterocycles. The smallest absolute Gasteiger partial charge is 0.126 e. The Morgan fingerprint density at radius 3 is 2.71 bits per heavy atom. The highest BCUT2D eigenvalue weighted by atomic mass is 79.9. The number of halogens is 2. The first-order valence-electron chi connectivity index (χ1n) is 6.30. The Bertz CT molecular complexity index is 695. The summed E-state index contributed by atoms with van der Waals surface area (Å²) in [6, 6.07) is 12.6. The molecule has 1 N–H and O–H groups in total. The van der Waals surface area contributed by atoms with E-state index in [-0.39, 0.29) is 6.61 Å². The number of hydrogen-bond acceptors (Lipinski definition) is 3. The number of nitrogens with zero attached hydrogens (tertiary/aromatic N) is 1. The molecule has 0 aliphatic carbocycles. The number of rotatable bonds is 4. The first kappa shape index (κ1) is 15.8. The molecule has 0 spiro atoms. The zero-order valence-corrected chi connectivity index (χ0v) is 13.6. The van der Waals surface area contributed by atoms with Crippen LogP contribution < -0.4 is 4.74 Å². The zero-order chi connectivity index (χ0) is 15.4. The second-order valence-electron chi connectivity index (χ2n) is 4.56. The summed E-state index contributed by atoms with van der Waals surface area (Å²) in [5.74, 6) is 0.597. The van der Waals surface area contributed by atoms with Crippen LogP contribution in [0.5, 0.6) is 5.75 Å². The van der Waals surface area contributed by atoms with Gasteiger partial charge in [-0.25, -0.2) is 0 Å². The molecule has 1 atom stereocenters. The Balaban J connectivity index is 2.20. The van der Waals surface area contributed by atoms with Gasteiger partial charge in [-0.2, -0.15) is 5.26 Å². The predicted octanol–water partition coefficient (Wildman–Crippen LogP) is 4.61. The summed E-state index contributed by atoms with van der Waals surface area (Å²) in [5, 5.41) is 19.1. The standard InChI is InChI=1S/C16H13BrClNO2/c1-10(20)14-5-4-13(17)7-16(14)21-9-12-3-2-11(8-19)6-15(12)18/h2-7,10,20H,9H2,1H3/t10-/m1/s1. The molecular formula is C16H13BrClNO2. The maximum absolute atomic E-state index is 9.76. The van der Waals surface area contributed by atoms with Crippen molar-refractivity contribution >= 4 is 27.5 Å². The Hall–Kier alpha value is -1.54. The van der Waals surface area contributed by atoms with Crippen LogP contribution in [0.3, 0.4) is 0 Å². The van der Waals surface area contributed by atoms with E-state index in [2.05, 4.69) is 15.9 Å². The number of aliphatic hydroxyl groups excluding tert-OH is 1. The molecule has 0 aromatic heterocycles. The van der Waals surface area contributed by atoms with E-state index in [0.29, 0.717) is 21.9 Å². The van der Waals surface area contributed by atoms with Gasteiger partial charge < -0.3 is 9.84 Å². The van der Waals surface area contributed by atoms with E-state index < -0.39 is 6.10 Å². The minimum atomic E-state index is -0.621. The largest absolute Gasteiger partial charge is 0.488 e. The molecule has 0 aliphatic rings. The lowest BCUT2D eigenvalue weighted by Gasteiger charge is -2.14. The van der Waals surface area contributed by atoms with Crippen molar-refractivity contribution in [3.8, 4) is 11.8 Å². The van der Waals surface area contributed by atoms with Gasteiger partial charge in [0.05, 0.1) is 17.7 Å². The van der Waals surface area contributed by atoms with Gasteiger partial charge in [-0.3, -0.25) is 0 Å². The molecule has 0 radical (unpaired) electrons. The molecular weight excluding hydrogens is 354 g/mol. The molecule has 2 aromatic rings. The fourth-order valence-electron chi connectivity index (χ4n) is 1.87. The van der Waals surface area contributed by atoms with Crippen molar-refractivity contribution < 1.29 is 9.84 Å². The van der Waals surface area contributed by atoms with Gasteiger partial charge in [-0.05, 0) is 31.2 Å². The van der Waals surface area contributed by atoms with Gasteiger partial charge in [0.2, 0.25) is 0 Å². The molecule has 2 aromatic carbocycles. The van der Waals surface area contributed by atoms with Crippen LogP contribution in [-0.4, -0.2) is 5.11 Å². The number of benzene rings is 2. The van der Waals surface area contributed by atoms with Crippen molar-refractivity contribution in [3.05, 3.63) is 62.6 Å².